The van der Waals surface area contributed by atoms with Crippen LogP contribution in [0, 0.1) is 5.92 Å². The molecule has 21 heavy (non-hydrogen) atoms. The van der Waals surface area contributed by atoms with Crippen molar-refractivity contribution in [1.29, 1.82) is 0 Å². The van der Waals surface area contributed by atoms with Gasteiger partial charge in [0.25, 0.3) is 0 Å². The molecule has 2 fully saturated rings. The number of hydrogen-bond acceptors (Lipinski definition) is 4. The summed E-state index contributed by atoms with van der Waals surface area (Å²) in [6.07, 6.45) is 4.30. The molecule has 1 saturated heterocycles. The van der Waals surface area contributed by atoms with E-state index < -0.39 is 0 Å². The summed E-state index contributed by atoms with van der Waals surface area (Å²) >= 11 is 0. The zero-order valence-electron chi connectivity index (χ0n) is 12.7. The first kappa shape index (κ1) is 18.2. The fourth-order valence-electron chi connectivity index (χ4n) is 2.52. The SMILES string of the molecule is CCNCC1CCN(CC(=O)NC(=O)NC2CC2)CC1.Cl. The number of likely N-dealkylation sites (tertiary alicyclic amines) is 1. The third kappa shape index (κ3) is 7.11. The summed E-state index contributed by atoms with van der Waals surface area (Å²) in [5.74, 6) is 0.515. The molecule has 0 unspecified atom stereocenters. The van der Waals surface area contributed by atoms with Gasteiger partial charge in [0.1, 0.15) is 0 Å². The van der Waals surface area contributed by atoms with Gasteiger partial charge in [0.15, 0.2) is 0 Å². The molecule has 0 aromatic rings. The van der Waals surface area contributed by atoms with Gasteiger partial charge in [-0.25, -0.2) is 4.79 Å². The molecule has 3 N–H and O–H groups in total. The Labute approximate surface area is 132 Å². The van der Waals surface area contributed by atoms with Crippen LogP contribution in [0.3, 0.4) is 0 Å². The van der Waals surface area contributed by atoms with Crippen LogP contribution < -0.4 is 16.0 Å². The van der Waals surface area contributed by atoms with Crippen molar-refractivity contribution in [3.8, 4) is 0 Å². The maximum absolute atomic E-state index is 11.8. The number of urea groups is 1. The summed E-state index contributed by atoms with van der Waals surface area (Å²) in [6, 6.07) is -0.0656. The Kier molecular flexibility index (Phi) is 8.00. The van der Waals surface area contributed by atoms with Crippen LogP contribution in [0.25, 0.3) is 0 Å². The summed E-state index contributed by atoms with van der Waals surface area (Å²) < 4.78 is 0. The van der Waals surface area contributed by atoms with Gasteiger partial charge in [-0.05, 0) is 57.8 Å². The van der Waals surface area contributed by atoms with Crippen molar-refractivity contribution in [1.82, 2.24) is 20.9 Å². The van der Waals surface area contributed by atoms with Gasteiger partial charge in [0.05, 0.1) is 6.54 Å². The molecule has 7 heteroatoms. The van der Waals surface area contributed by atoms with Crippen LogP contribution in [0.15, 0.2) is 0 Å². The molecule has 1 aliphatic heterocycles. The average molecular weight is 319 g/mol. The largest absolute Gasteiger partial charge is 0.335 e. The zero-order chi connectivity index (χ0) is 14.4. The van der Waals surface area contributed by atoms with E-state index in [0.717, 1.165) is 51.9 Å². The fourth-order valence-corrected chi connectivity index (χ4v) is 2.52. The monoisotopic (exact) mass is 318 g/mol. The highest BCUT2D eigenvalue weighted by molar-refractivity contribution is 5.95. The van der Waals surface area contributed by atoms with Crippen LogP contribution >= 0.6 is 12.4 Å². The first-order valence-corrected chi connectivity index (χ1v) is 7.70. The fraction of sp³-hybridized carbons (Fsp3) is 0.857. The lowest BCUT2D eigenvalue weighted by Gasteiger charge is -2.31. The smallest absolute Gasteiger partial charge is 0.321 e. The average Bonchev–Trinajstić information content (AvgIpc) is 3.21. The van der Waals surface area contributed by atoms with Gasteiger partial charge in [0.2, 0.25) is 5.91 Å². The van der Waals surface area contributed by atoms with Gasteiger partial charge < -0.3 is 10.6 Å². The van der Waals surface area contributed by atoms with Gasteiger partial charge >= 0.3 is 6.03 Å². The molecular formula is C14H27ClN4O2. The van der Waals surface area contributed by atoms with E-state index in [-0.39, 0.29) is 30.4 Å². The number of carbonyl (C=O) groups excluding carboxylic acids is 2. The zero-order valence-corrected chi connectivity index (χ0v) is 13.5. The lowest BCUT2D eigenvalue weighted by molar-refractivity contribution is -0.121. The first-order valence-electron chi connectivity index (χ1n) is 7.70. The number of amides is 3. The molecule has 6 nitrogen and oxygen atoms in total. The lowest BCUT2D eigenvalue weighted by atomic mass is 9.97. The van der Waals surface area contributed by atoms with Crippen LogP contribution in [0.5, 0.6) is 0 Å². The number of hydrogen-bond donors (Lipinski definition) is 3. The van der Waals surface area contributed by atoms with E-state index >= 15 is 0 Å². The highest BCUT2D eigenvalue weighted by Gasteiger charge is 2.25. The number of rotatable bonds is 6. The summed E-state index contributed by atoms with van der Waals surface area (Å²) in [5.41, 5.74) is 0. The minimum atomic E-state index is -0.348. The maximum atomic E-state index is 11.8. The Hall–Kier alpha value is -0.850. The molecule has 2 rings (SSSR count). The molecule has 1 aliphatic carbocycles. The standard InChI is InChI=1S/C14H26N4O2.ClH/c1-2-15-9-11-5-7-18(8-6-11)10-13(19)17-14(20)16-12-3-4-12;/h11-12,15H,2-10H2,1H3,(H2,16,17,19,20);1H. The Bertz CT molecular complexity index is 342. The molecule has 3 amide bonds. The topological polar surface area (TPSA) is 73.5 Å². The van der Waals surface area contributed by atoms with Crippen LogP contribution in [-0.4, -0.2) is 55.6 Å². The number of nitrogens with one attached hydrogen (secondary N) is 3. The Morgan fingerprint density at radius 1 is 1.14 bits per heavy atom. The van der Waals surface area contributed by atoms with Gasteiger partial charge in [0, 0.05) is 6.04 Å². The molecule has 122 valence electrons. The van der Waals surface area contributed by atoms with E-state index in [9.17, 15) is 9.59 Å². The Morgan fingerprint density at radius 3 is 2.38 bits per heavy atom. The molecular weight excluding hydrogens is 292 g/mol. The first-order chi connectivity index (χ1) is 9.67. The lowest BCUT2D eigenvalue weighted by Crippen LogP contribution is -2.47. The maximum Gasteiger partial charge on any atom is 0.321 e. The molecule has 0 bridgehead atoms. The van der Waals surface area contributed by atoms with Gasteiger partial charge in [-0.15, -0.1) is 12.4 Å². The summed E-state index contributed by atoms with van der Waals surface area (Å²) in [7, 11) is 0. The van der Waals surface area contributed by atoms with Crippen molar-refractivity contribution >= 4 is 24.3 Å². The summed E-state index contributed by atoms with van der Waals surface area (Å²) in [4.78, 5) is 25.3. The second-order valence-electron chi connectivity index (χ2n) is 5.82. The van der Waals surface area contributed by atoms with E-state index in [0.29, 0.717) is 12.5 Å². The normalized spacial score (nSPS) is 19.7. The number of piperidine rings is 1. The van der Waals surface area contributed by atoms with E-state index in [1.165, 1.54) is 0 Å². The van der Waals surface area contributed by atoms with Crippen LogP contribution in [-0.2, 0) is 4.79 Å². The van der Waals surface area contributed by atoms with Crippen molar-refractivity contribution < 1.29 is 9.59 Å². The molecule has 1 saturated carbocycles. The predicted molar refractivity (Wildman–Crippen MR) is 84.7 cm³/mol. The molecule has 0 radical (unpaired) electrons. The quantitative estimate of drug-likeness (QED) is 0.674. The van der Waals surface area contributed by atoms with Crippen LogP contribution in [0.4, 0.5) is 4.79 Å². The third-order valence-electron chi connectivity index (χ3n) is 3.92. The Morgan fingerprint density at radius 2 is 1.81 bits per heavy atom. The minimum absolute atomic E-state index is 0. The predicted octanol–water partition coefficient (Wildman–Crippen LogP) is 0.718. The van der Waals surface area contributed by atoms with E-state index in [1.807, 2.05) is 0 Å². The second kappa shape index (κ2) is 9.23. The van der Waals surface area contributed by atoms with Gasteiger partial charge in [-0.3, -0.25) is 15.0 Å². The van der Waals surface area contributed by atoms with Crippen molar-refractivity contribution in [2.75, 3.05) is 32.7 Å². The van der Waals surface area contributed by atoms with Gasteiger partial charge in [-0.2, -0.15) is 0 Å². The molecule has 0 aromatic carbocycles. The summed E-state index contributed by atoms with van der Waals surface area (Å²) in [6.45, 7) is 6.40. The number of carbonyl (C=O) groups is 2. The second-order valence-corrected chi connectivity index (χ2v) is 5.82. The van der Waals surface area contributed by atoms with E-state index in [4.69, 9.17) is 0 Å². The number of imide groups is 1. The third-order valence-corrected chi connectivity index (χ3v) is 3.92. The van der Waals surface area contributed by atoms with Crippen molar-refractivity contribution in [2.24, 2.45) is 5.92 Å². The van der Waals surface area contributed by atoms with Crippen LogP contribution in [0.1, 0.15) is 32.6 Å². The van der Waals surface area contributed by atoms with E-state index in [2.05, 4.69) is 27.8 Å². The molecule has 1 heterocycles. The van der Waals surface area contributed by atoms with Crippen molar-refractivity contribution in [3.05, 3.63) is 0 Å². The molecule has 0 spiro atoms. The minimum Gasteiger partial charge on any atom is -0.335 e. The highest BCUT2D eigenvalue weighted by atomic mass is 35.5. The number of nitrogens with zero attached hydrogens (tertiary/aromatic N) is 1. The molecule has 0 atom stereocenters. The highest BCUT2D eigenvalue weighted by Crippen LogP contribution is 2.18. The van der Waals surface area contributed by atoms with E-state index in [1.54, 1.807) is 0 Å². The van der Waals surface area contributed by atoms with Gasteiger partial charge in [-0.1, -0.05) is 6.92 Å². The molecule has 0 aromatic heterocycles. The van der Waals surface area contributed by atoms with Crippen LogP contribution in [0.2, 0.25) is 0 Å². The Balaban J connectivity index is 0.00000220. The summed E-state index contributed by atoms with van der Waals surface area (Å²) in [5, 5.41) is 8.53. The van der Waals surface area contributed by atoms with Crippen molar-refractivity contribution in [3.63, 3.8) is 0 Å². The molecule has 2 aliphatic rings. The van der Waals surface area contributed by atoms with Crippen molar-refractivity contribution in [2.45, 2.75) is 38.6 Å². The number of halogens is 1.